The van der Waals surface area contributed by atoms with E-state index >= 15 is 0 Å². The Balaban J connectivity index is 1.42. The fourth-order valence-electron chi connectivity index (χ4n) is 5.93. The molecule has 0 N–H and O–H groups in total. The summed E-state index contributed by atoms with van der Waals surface area (Å²) in [6.45, 7) is 4.12. The highest BCUT2D eigenvalue weighted by Gasteiger charge is 2.35. The highest BCUT2D eigenvalue weighted by molar-refractivity contribution is 5.46. The maximum atomic E-state index is 14.9. The van der Waals surface area contributed by atoms with Crippen LogP contribution in [0.5, 0.6) is 0 Å². The molecule has 0 aromatic heterocycles. The zero-order valence-corrected chi connectivity index (χ0v) is 20.5. The summed E-state index contributed by atoms with van der Waals surface area (Å²) in [6.07, 6.45) is 17.7. The van der Waals surface area contributed by atoms with Crippen LogP contribution in [0.3, 0.4) is 0 Å². The monoisotopic (exact) mass is 458 g/mol. The molecular formula is C32H36F2. The van der Waals surface area contributed by atoms with Crippen LogP contribution in [0.1, 0.15) is 87.0 Å². The average molecular weight is 459 g/mol. The second-order valence-electron chi connectivity index (χ2n) is 10.0. The lowest BCUT2D eigenvalue weighted by Gasteiger charge is -2.41. The van der Waals surface area contributed by atoms with E-state index in [1.54, 1.807) is 0 Å². The number of fused-ring (bicyclic) bond motifs is 1. The minimum absolute atomic E-state index is 0.124. The Bertz CT molecular complexity index is 1060. The summed E-state index contributed by atoms with van der Waals surface area (Å²) >= 11 is 0. The van der Waals surface area contributed by atoms with Crippen molar-refractivity contribution in [3.8, 4) is 11.8 Å². The van der Waals surface area contributed by atoms with E-state index in [0.29, 0.717) is 11.8 Å². The zero-order chi connectivity index (χ0) is 23.9. The molecule has 2 aliphatic carbocycles. The maximum absolute atomic E-state index is 14.9. The van der Waals surface area contributed by atoms with Crippen LogP contribution in [-0.4, -0.2) is 0 Å². The van der Waals surface area contributed by atoms with Gasteiger partial charge in [-0.25, -0.2) is 8.78 Å². The first-order valence-corrected chi connectivity index (χ1v) is 12.9. The molecule has 0 spiro atoms. The van der Waals surface area contributed by atoms with Crippen molar-refractivity contribution >= 4 is 0 Å². The first-order valence-electron chi connectivity index (χ1n) is 12.9. The number of hydrogen-bond acceptors (Lipinski definition) is 0. The van der Waals surface area contributed by atoms with Crippen LogP contribution in [0, 0.1) is 41.2 Å². The molecule has 178 valence electrons. The third kappa shape index (κ3) is 6.06. The van der Waals surface area contributed by atoms with Gasteiger partial charge in [-0.05, 0) is 124 Å². The van der Waals surface area contributed by atoms with E-state index in [4.69, 9.17) is 0 Å². The molecule has 2 aromatic rings. The van der Waals surface area contributed by atoms with Gasteiger partial charge in [0.15, 0.2) is 0 Å². The number of benzene rings is 2. The molecule has 2 heteroatoms. The molecule has 2 aliphatic rings. The third-order valence-electron chi connectivity index (χ3n) is 7.78. The summed E-state index contributed by atoms with van der Waals surface area (Å²) < 4.78 is 29.8. The van der Waals surface area contributed by atoms with E-state index in [2.05, 4.69) is 43.1 Å². The van der Waals surface area contributed by atoms with Gasteiger partial charge in [0.25, 0.3) is 0 Å². The summed E-state index contributed by atoms with van der Waals surface area (Å²) in [6, 6.07) is 11.0. The standard InChI is InChI=1S/C32H36F2/c1-3-5-6-8-23-9-11-24(12-10-23)14-18-30-31(33)21-29(22-32(30)34)28-17-16-26-19-25(7-4-2)13-15-27(26)20-28/h3-5,7,9-12,21-22,25-28H,6,8,13,15-17,19-20H2,1-2H3/b5-3+,7-4+. The average Bonchev–Trinajstić information content (AvgIpc) is 2.84. The molecule has 34 heavy (non-hydrogen) atoms. The minimum Gasteiger partial charge on any atom is -0.206 e. The molecule has 2 saturated carbocycles. The van der Waals surface area contributed by atoms with Gasteiger partial charge in [0.1, 0.15) is 11.6 Å². The second kappa shape index (κ2) is 11.7. The summed E-state index contributed by atoms with van der Waals surface area (Å²) in [7, 11) is 0. The van der Waals surface area contributed by atoms with Crippen LogP contribution in [0.4, 0.5) is 8.78 Å². The van der Waals surface area contributed by atoms with Gasteiger partial charge in [-0.1, -0.05) is 48.3 Å². The highest BCUT2D eigenvalue weighted by Crippen LogP contribution is 2.48. The Morgan fingerprint density at radius 1 is 0.853 bits per heavy atom. The smallest absolute Gasteiger partial charge is 0.142 e. The normalized spacial score (nSPS) is 24.7. The predicted octanol–water partition coefficient (Wildman–Crippen LogP) is 8.75. The van der Waals surface area contributed by atoms with Gasteiger partial charge >= 0.3 is 0 Å². The van der Waals surface area contributed by atoms with Gasteiger partial charge in [-0.3, -0.25) is 0 Å². The first kappa shape index (κ1) is 24.5. The Morgan fingerprint density at radius 2 is 1.56 bits per heavy atom. The molecule has 0 heterocycles. The van der Waals surface area contributed by atoms with Crippen LogP contribution in [0.15, 0.2) is 60.7 Å². The van der Waals surface area contributed by atoms with Gasteiger partial charge in [-0.2, -0.15) is 0 Å². The molecule has 0 aliphatic heterocycles. The molecule has 0 saturated heterocycles. The Morgan fingerprint density at radius 3 is 2.26 bits per heavy atom. The molecule has 0 bridgehead atoms. The minimum atomic E-state index is -0.538. The SMILES string of the molecule is C/C=C/CCc1ccc(C#Cc2c(F)cc(C3CCC4CC(/C=C/C)CCC4C3)cc2F)cc1. The predicted molar refractivity (Wildman–Crippen MR) is 138 cm³/mol. The molecule has 0 radical (unpaired) electrons. The summed E-state index contributed by atoms with van der Waals surface area (Å²) in [4.78, 5) is 0. The summed E-state index contributed by atoms with van der Waals surface area (Å²) in [5, 5.41) is 0. The highest BCUT2D eigenvalue weighted by atomic mass is 19.1. The van der Waals surface area contributed by atoms with E-state index in [1.807, 2.05) is 31.2 Å². The van der Waals surface area contributed by atoms with Crippen LogP contribution < -0.4 is 0 Å². The number of halogens is 2. The topological polar surface area (TPSA) is 0 Å². The van der Waals surface area contributed by atoms with Crippen molar-refractivity contribution in [3.63, 3.8) is 0 Å². The lowest BCUT2D eigenvalue weighted by Crippen LogP contribution is -2.30. The van der Waals surface area contributed by atoms with E-state index in [0.717, 1.165) is 42.7 Å². The van der Waals surface area contributed by atoms with Crippen molar-refractivity contribution in [2.24, 2.45) is 17.8 Å². The van der Waals surface area contributed by atoms with Crippen molar-refractivity contribution in [3.05, 3.63) is 94.6 Å². The van der Waals surface area contributed by atoms with Crippen molar-refractivity contribution in [2.75, 3.05) is 0 Å². The zero-order valence-electron chi connectivity index (χ0n) is 20.5. The molecule has 2 aromatic carbocycles. The fourth-order valence-corrected chi connectivity index (χ4v) is 5.93. The Hall–Kier alpha value is -2.66. The first-order chi connectivity index (χ1) is 16.6. The van der Waals surface area contributed by atoms with E-state index < -0.39 is 11.6 Å². The van der Waals surface area contributed by atoms with Crippen LogP contribution in [0.25, 0.3) is 0 Å². The molecule has 4 unspecified atom stereocenters. The Kier molecular flexibility index (Phi) is 8.39. The maximum Gasteiger partial charge on any atom is 0.142 e. The number of allylic oxidation sites excluding steroid dienone is 4. The van der Waals surface area contributed by atoms with Crippen molar-refractivity contribution in [1.82, 2.24) is 0 Å². The molecule has 4 rings (SSSR count). The third-order valence-corrected chi connectivity index (χ3v) is 7.78. The van der Waals surface area contributed by atoms with Crippen molar-refractivity contribution in [1.29, 1.82) is 0 Å². The fraction of sp³-hybridized carbons (Fsp3) is 0.438. The van der Waals surface area contributed by atoms with Gasteiger partial charge in [-0.15, -0.1) is 0 Å². The number of aryl methyl sites for hydroxylation is 1. The van der Waals surface area contributed by atoms with Crippen molar-refractivity contribution < 1.29 is 8.78 Å². The van der Waals surface area contributed by atoms with Gasteiger partial charge in [0.05, 0.1) is 5.56 Å². The second-order valence-corrected chi connectivity index (χ2v) is 10.0. The molecule has 0 amide bonds. The largest absolute Gasteiger partial charge is 0.206 e. The number of rotatable bonds is 5. The van der Waals surface area contributed by atoms with Gasteiger partial charge in [0.2, 0.25) is 0 Å². The quantitative estimate of drug-likeness (QED) is 0.310. The van der Waals surface area contributed by atoms with Crippen LogP contribution in [-0.2, 0) is 6.42 Å². The van der Waals surface area contributed by atoms with E-state index in [1.165, 1.54) is 43.4 Å². The summed E-state index contributed by atoms with van der Waals surface area (Å²) in [5.74, 6) is 7.02. The van der Waals surface area contributed by atoms with E-state index in [9.17, 15) is 8.78 Å². The number of hydrogen-bond donors (Lipinski definition) is 0. The molecule has 0 nitrogen and oxygen atoms in total. The molecular weight excluding hydrogens is 422 g/mol. The van der Waals surface area contributed by atoms with Crippen molar-refractivity contribution in [2.45, 2.75) is 71.1 Å². The van der Waals surface area contributed by atoms with Gasteiger partial charge < -0.3 is 0 Å². The summed E-state index contributed by atoms with van der Waals surface area (Å²) in [5.41, 5.74) is 2.68. The van der Waals surface area contributed by atoms with E-state index in [-0.39, 0.29) is 11.5 Å². The lowest BCUT2D eigenvalue weighted by atomic mass is 9.64. The Labute approximate surface area is 204 Å². The lowest BCUT2D eigenvalue weighted by molar-refractivity contribution is 0.133. The van der Waals surface area contributed by atoms with Gasteiger partial charge in [0, 0.05) is 5.56 Å². The molecule has 4 atom stereocenters. The van der Waals surface area contributed by atoms with Crippen LogP contribution in [0.2, 0.25) is 0 Å². The molecule has 2 fully saturated rings. The van der Waals surface area contributed by atoms with Crippen LogP contribution >= 0.6 is 0 Å².